The molecule has 7 nitrogen and oxygen atoms in total. The van der Waals surface area contributed by atoms with E-state index >= 15 is 0 Å². The lowest BCUT2D eigenvalue weighted by Crippen LogP contribution is -2.45. The highest BCUT2D eigenvalue weighted by atomic mass is 127. The van der Waals surface area contributed by atoms with Gasteiger partial charge in [-0.1, -0.05) is 30.3 Å². The largest absolute Gasteiger partial charge is 0.506 e. The number of carbonyl (C=O) groups is 2. The van der Waals surface area contributed by atoms with Crippen LogP contribution in [0.2, 0.25) is 0 Å². The Balaban J connectivity index is 1.71. The number of halogens is 2. The number of phenols is 1. The van der Waals surface area contributed by atoms with E-state index in [-0.39, 0.29) is 18.8 Å². The summed E-state index contributed by atoms with van der Waals surface area (Å²) in [5.74, 6) is -0.210. The van der Waals surface area contributed by atoms with Gasteiger partial charge >= 0.3 is 6.09 Å². The molecule has 0 fully saturated rings. The second-order valence-corrected chi connectivity index (χ2v) is 9.42. The van der Waals surface area contributed by atoms with E-state index in [0.29, 0.717) is 12.3 Å². The van der Waals surface area contributed by atoms with Crippen molar-refractivity contribution in [1.29, 1.82) is 0 Å². The fourth-order valence-corrected chi connectivity index (χ4v) is 4.99. The first-order valence-corrected chi connectivity index (χ1v) is 11.8. The molecule has 0 saturated carbocycles. The minimum Gasteiger partial charge on any atom is -0.506 e. The number of hydrogen-bond donors (Lipinski definition) is 3. The second kappa shape index (κ2) is 10.9. The molecule has 0 spiro atoms. The number of anilines is 1. The SMILES string of the molecule is O=C(N[C@H](Cc1cc(I)c(O)c(I)c1)C(=O)Nc1nccs1)OCc1ccccc1. The Kier molecular flexibility index (Phi) is 8.27. The lowest BCUT2D eigenvalue weighted by molar-refractivity contribution is -0.118. The van der Waals surface area contributed by atoms with Crippen molar-refractivity contribution in [2.45, 2.75) is 19.1 Å². The Bertz CT molecular complexity index is 993. The molecule has 30 heavy (non-hydrogen) atoms. The van der Waals surface area contributed by atoms with Crippen molar-refractivity contribution in [2.75, 3.05) is 5.32 Å². The fourth-order valence-electron chi connectivity index (χ4n) is 2.57. The van der Waals surface area contributed by atoms with E-state index in [1.165, 1.54) is 11.3 Å². The number of phenolic OH excluding ortho intramolecular Hbond substituents is 1. The van der Waals surface area contributed by atoms with E-state index in [1.54, 1.807) is 23.7 Å². The number of benzene rings is 2. The Labute approximate surface area is 204 Å². The molecule has 1 heterocycles. The summed E-state index contributed by atoms with van der Waals surface area (Å²) in [4.78, 5) is 29.2. The number of hydrogen-bond acceptors (Lipinski definition) is 6. The molecule has 3 aromatic rings. The number of aromatic nitrogens is 1. The van der Waals surface area contributed by atoms with E-state index in [0.717, 1.165) is 11.1 Å². The topological polar surface area (TPSA) is 101 Å². The van der Waals surface area contributed by atoms with E-state index in [1.807, 2.05) is 75.5 Å². The smallest absolute Gasteiger partial charge is 0.408 e. The zero-order chi connectivity index (χ0) is 21.5. The van der Waals surface area contributed by atoms with Gasteiger partial charge in [-0.2, -0.15) is 0 Å². The molecule has 2 amide bonds. The highest BCUT2D eigenvalue weighted by molar-refractivity contribution is 14.1. The summed E-state index contributed by atoms with van der Waals surface area (Å²) < 4.78 is 6.60. The highest BCUT2D eigenvalue weighted by Crippen LogP contribution is 2.28. The van der Waals surface area contributed by atoms with Crippen LogP contribution >= 0.6 is 56.5 Å². The van der Waals surface area contributed by atoms with Gasteiger partial charge in [0.1, 0.15) is 18.4 Å². The maximum Gasteiger partial charge on any atom is 0.408 e. The number of nitrogens with one attached hydrogen (secondary N) is 2. The summed E-state index contributed by atoms with van der Waals surface area (Å²) in [5, 5.41) is 17.5. The molecular weight excluding hydrogens is 632 g/mol. The summed E-state index contributed by atoms with van der Waals surface area (Å²) in [6.45, 7) is 0.0997. The molecule has 0 bridgehead atoms. The molecule has 10 heteroatoms. The summed E-state index contributed by atoms with van der Waals surface area (Å²) >= 11 is 5.34. The van der Waals surface area contributed by atoms with Crippen LogP contribution in [0.1, 0.15) is 11.1 Å². The molecule has 0 aliphatic carbocycles. The molecule has 3 N–H and O–H groups in total. The van der Waals surface area contributed by atoms with Crippen LogP contribution in [0.25, 0.3) is 0 Å². The zero-order valence-corrected chi connectivity index (χ0v) is 20.6. The predicted molar refractivity (Wildman–Crippen MR) is 132 cm³/mol. The molecule has 2 aromatic carbocycles. The molecule has 0 radical (unpaired) electrons. The molecule has 0 saturated heterocycles. The third kappa shape index (κ3) is 6.54. The van der Waals surface area contributed by atoms with E-state index in [4.69, 9.17) is 4.74 Å². The molecule has 1 aromatic heterocycles. The van der Waals surface area contributed by atoms with Gasteiger partial charge in [0.25, 0.3) is 0 Å². The predicted octanol–water partition coefficient (Wildman–Crippen LogP) is 4.53. The summed E-state index contributed by atoms with van der Waals surface area (Å²) in [7, 11) is 0. The monoisotopic (exact) mass is 649 g/mol. The Morgan fingerprint density at radius 2 is 1.83 bits per heavy atom. The molecular formula is C20H17I2N3O4S. The number of nitrogens with zero attached hydrogens (tertiary/aromatic N) is 1. The maximum atomic E-state index is 12.8. The minimum atomic E-state index is -0.881. The molecule has 1 atom stereocenters. The average molecular weight is 649 g/mol. The van der Waals surface area contributed by atoms with Crippen LogP contribution in [0.3, 0.4) is 0 Å². The normalized spacial score (nSPS) is 11.5. The first-order chi connectivity index (χ1) is 14.4. The van der Waals surface area contributed by atoms with Crippen molar-refractivity contribution >= 4 is 73.7 Å². The first-order valence-electron chi connectivity index (χ1n) is 8.77. The number of ether oxygens (including phenoxy) is 1. The summed E-state index contributed by atoms with van der Waals surface area (Å²) in [5.41, 5.74) is 1.64. The van der Waals surface area contributed by atoms with Crippen molar-refractivity contribution in [1.82, 2.24) is 10.3 Å². The van der Waals surface area contributed by atoms with Gasteiger partial charge in [0.15, 0.2) is 5.13 Å². The van der Waals surface area contributed by atoms with Crippen molar-refractivity contribution in [3.63, 3.8) is 0 Å². The molecule has 156 valence electrons. The van der Waals surface area contributed by atoms with Crippen LogP contribution in [0, 0.1) is 7.14 Å². The minimum absolute atomic E-state index is 0.0997. The van der Waals surface area contributed by atoms with Crippen LogP contribution in [-0.4, -0.2) is 28.1 Å². The molecule has 0 aliphatic heterocycles. The van der Waals surface area contributed by atoms with Gasteiger partial charge in [0, 0.05) is 18.0 Å². The van der Waals surface area contributed by atoms with Gasteiger partial charge in [-0.3, -0.25) is 4.79 Å². The second-order valence-electron chi connectivity index (χ2n) is 6.20. The maximum absolute atomic E-state index is 12.8. The van der Waals surface area contributed by atoms with Crippen LogP contribution in [-0.2, 0) is 22.6 Å². The van der Waals surface area contributed by atoms with Gasteiger partial charge < -0.3 is 20.5 Å². The Morgan fingerprint density at radius 1 is 1.13 bits per heavy atom. The van der Waals surface area contributed by atoms with Gasteiger partial charge in [0.2, 0.25) is 5.91 Å². The van der Waals surface area contributed by atoms with Gasteiger partial charge in [-0.05, 0) is 68.4 Å². The van der Waals surface area contributed by atoms with Gasteiger partial charge in [0.05, 0.1) is 7.14 Å². The summed E-state index contributed by atoms with van der Waals surface area (Å²) in [6.07, 6.45) is 1.12. The van der Waals surface area contributed by atoms with Gasteiger partial charge in [-0.15, -0.1) is 11.3 Å². The standard InChI is InChI=1S/C20H17I2N3O4S/c21-14-8-13(9-15(22)17(14)26)10-16(18(27)25-19-23-6-7-30-19)24-20(28)29-11-12-4-2-1-3-5-12/h1-9,16,26H,10-11H2,(H,24,28)(H,23,25,27)/t16-/m1/s1. The van der Waals surface area contributed by atoms with Crippen LogP contribution in [0.4, 0.5) is 9.93 Å². The Hall–Kier alpha value is -1.93. The number of carbonyl (C=O) groups excluding carboxylic acids is 2. The quantitative estimate of drug-likeness (QED) is 0.327. The van der Waals surface area contributed by atoms with E-state index in [2.05, 4.69) is 15.6 Å². The van der Waals surface area contributed by atoms with Gasteiger partial charge in [-0.25, -0.2) is 9.78 Å². The number of aromatic hydroxyl groups is 1. The number of thiazole rings is 1. The Morgan fingerprint density at radius 3 is 2.47 bits per heavy atom. The number of alkyl carbamates (subject to hydrolysis) is 1. The number of amides is 2. The average Bonchev–Trinajstić information content (AvgIpc) is 3.23. The zero-order valence-electron chi connectivity index (χ0n) is 15.5. The van der Waals surface area contributed by atoms with E-state index < -0.39 is 18.0 Å². The molecule has 0 unspecified atom stereocenters. The van der Waals surface area contributed by atoms with E-state index in [9.17, 15) is 14.7 Å². The van der Waals surface area contributed by atoms with Crippen LogP contribution in [0.5, 0.6) is 5.75 Å². The fraction of sp³-hybridized carbons (Fsp3) is 0.150. The van der Waals surface area contributed by atoms with Crippen LogP contribution < -0.4 is 10.6 Å². The van der Waals surface area contributed by atoms with Crippen molar-refractivity contribution < 1.29 is 19.4 Å². The van der Waals surface area contributed by atoms with Crippen LogP contribution in [0.15, 0.2) is 54.0 Å². The highest BCUT2D eigenvalue weighted by Gasteiger charge is 2.23. The van der Waals surface area contributed by atoms with Crippen molar-refractivity contribution in [3.05, 3.63) is 72.3 Å². The summed E-state index contributed by atoms with van der Waals surface area (Å²) in [6, 6.07) is 12.0. The lowest BCUT2D eigenvalue weighted by atomic mass is 10.1. The molecule has 0 aliphatic rings. The lowest BCUT2D eigenvalue weighted by Gasteiger charge is -2.18. The number of rotatable bonds is 7. The third-order valence-corrected chi connectivity index (χ3v) is 6.33. The van der Waals surface area contributed by atoms with Crippen molar-refractivity contribution in [3.8, 4) is 5.75 Å². The molecule has 3 rings (SSSR count). The first kappa shape index (κ1) is 22.7. The third-order valence-electron chi connectivity index (χ3n) is 4.00. The van der Waals surface area contributed by atoms with Crippen molar-refractivity contribution in [2.24, 2.45) is 0 Å².